The van der Waals surface area contributed by atoms with Crippen LogP contribution >= 0.6 is 11.3 Å². The van der Waals surface area contributed by atoms with Gasteiger partial charge >= 0.3 is 5.97 Å². The Kier molecular flexibility index (Phi) is 5.38. The van der Waals surface area contributed by atoms with E-state index < -0.39 is 0 Å². The van der Waals surface area contributed by atoms with E-state index in [1.165, 1.54) is 11.3 Å². The summed E-state index contributed by atoms with van der Waals surface area (Å²) < 4.78 is 5.35. The van der Waals surface area contributed by atoms with Crippen LogP contribution in [0.25, 0.3) is 0 Å². The quantitative estimate of drug-likeness (QED) is 0.769. The predicted octanol–water partition coefficient (Wildman–Crippen LogP) is 3.62. The van der Waals surface area contributed by atoms with E-state index in [4.69, 9.17) is 4.74 Å². The van der Waals surface area contributed by atoms with Gasteiger partial charge in [0, 0.05) is 12.0 Å². The first kappa shape index (κ1) is 20.6. The molecule has 0 spiro atoms. The molecule has 2 aromatic rings. The Balaban J connectivity index is 2.09. The molecule has 0 saturated heterocycles. The smallest absolute Gasteiger partial charge is 0.341 e. The third-order valence-corrected chi connectivity index (χ3v) is 6.56. The minimum Gasteiger partial charge on any atom is -0.462 e. The molecular formula is C22H29N2O3S+. The summed E-state index contributed by atoms with van der Waals surface area (Å²) in [7, 11) is 0. The Hall–Kier alpha value is -2.18. The summed E-state index contributed by atoms with van der Waals surface area (Å²) in [6, 6.07) is 7.44. The molecule has 0 unspecified atom stereocenters. The summed E-state index contributed by atoms with van der Waals surface area (Å²) in [6.07, 6.45) is 0.747. The minimum absolute atomic E-state index is 0.0455. The molecule has 3 N–H and O–H groups in total. The SMILES string of the molecule is CCOC(=O)c1c(NC(=O)c2ccccc2C)sc2c1CC(C)(C)[NH2+]C2(C)C. The molecule has 0 fully saturated rings. The van der Waals surface area contributed by atoms with E-state index in [0.29, 0.717) is 22.7 Å². The van der Waals surface area contributed by atoms with Crippen LogP contribution in [-0.4, -0.2) is 24.0 Å². The maximum absolute atomic E-state index is 12.9. The normalized spacial score (nSPS) is 16.9. The highest BCUT2D eigenvalue weighted by molar-refractivity contribution is 7.17. The number of hydrogen-bond donors (Lipinski definition) is 2. The molecule has 1 amide bonds. The number of ether oxygens (including phenoxy) is 1. The van der Waals surface area contributed by atoms with Gasteiger partial charge in [-0.15, -0.1) is 11.3 Å². The fourth-order valence-corrected chi connectivity index (χ4v) is 5.48. The number of nitrogens with two attached hydrogens (primary N) is 1. The fourth-order valence-electron chi connectivity index (χ4n) is 4.21. The average Bonchev–Trinajstić information content (AvgIpc) is 2.92. The third kappa shape index (κ3) is 3.84. The van der Waals surface area contributed by atoms with Crippen molar-refractivity contribution >= 4 is 28.2 Å². The van der Waals surface area contributed by atoms with E-state index in [0.717, 1.165) is 22.4 Å². The van der Waals surface area contributed by atoms with Crippen molar-refractivity contribution in [2.75, 3.05) is 11.9 Å². The lowest BCUT2D eigenvalue weighted by molar-refractivity contribution is -0.789. The molecule has 0 saturated carbocycles. The van der Waals surface area contributed by atoms with Gasteiger partial charge in [0.1, 0.15) is 10.5 Å². The minimum atomic E-state index is -0.367. The summed E-state index contributed by atoms with van der Waals surface area (Å²) >= 11 is 1.49. The van der Waals surface area contributed by atoms with E-state index in [1.807, 2.05) is 25.1 Å². The van der Waals surface area contributed by atoms with Gasteiger partial charge in [0.05, 0.1) is 22.6 Å². The van der Waals surface area contributed by atoms with Crippen LogP contribution in [0.4, 0.5) is 5.00 Å². The summed E-state index contributed by atoms with van der Waals surface area (Å²) in [5.74, 6) is -0.572. The Morgan fingerprint density at radius 3 is 2.54 bits per heavy atom. The van der Waals surface area contributed by atoms with Crippen LogP contribution in [0.5, 0.6) is 0 Å². The topological polar surface area (TPSA) is 72.0 Å². The number of quaternary nitrogens is 1. The first-order valence-electron chi connectivity index (χ1n) is 9.63. The van der Waals surface area contributed by atoms with Crippen molar-refractivity contribution in [2.24, 2.45) is 0 Å². The van der Waals surface area contributed by atoms with E-state index in [9.17, 15) is 9.59 Å². The van der Waals surface area contributed by atoms with Crippen LogP contribution in [-0.2, 0) is 16.7 Å². The van der Waals surface area contributed by atoms with Crippen molar-refractivity contribution in [1.29, 1.82) is 0 Å². The summed E-state index contributed by atoms with van der Waals surface area (Å²) in [6.45, 7) is 12.7. The first-order chi connectivity index (χ1) is 13.1. The molecular weight excluding hydrogens is 372 g/mol. The number of carbonyl (C=O) groups excluding carboxylic acids is 2. The molecule has 1 aliphatic rings. The van der Waals surface area contributed by atoms with Crippen molar-refractivity contribution in [3.63, 3.8) is 0 Å². The molecule has 0 radical (unpaired) electrons. The average molecular weight is 402 g/mol. The largest absolute Gasteiger partial charge is 0.462 e. The Morgan fingerprint density at radius 2 is 1.89 bits per heavy atom. The second-order valence-corrected chi connectivity index (χ2v) is 9.66. The number of fused-ring (bicyclic) bond motifs is 1. The number of thiophene rings is 1. The molecule has 1 aromatic carbocycles. The molecule has 150 valence electrons. The number of amides is 1. The third-order valence-electron chi connectivity index (χ3n) is 5.07. The maximum Gasteiger partial charge on any atom is 0.341 e. The van der Waals surface area contributed by atoms with Gasteiger partial charge in [0.15, 0.2) is 0 Å². The molecule has 28 heavy (non-hydrogen) atoms. The highest BCUT2D eigenvalue weighted by Crippen LogP contribution is 2.42. The van der Waals surface area contributed by atoms with Crippen LogP contribution in [0.3, 0.4) is 0 Å². The maximum atomic E-state index is 12.9. The summed E-state index contributed by atoms with van der Waals surface area (Å²) in [4.78, 5) is 26.9. The number of hydrogen-bond acceptors (Lipinski definition) is 4. The van der Waals surface area contributed by atoms with Crippen molar-refractivity contribution in [3.05, 3.63) is 51.4 Å². The molecule has 0 aliphatic carbocycles. The lowest BCUT2D eigenvalue weighted by atomic mass is 9.81. The van der Waals surface area contributed by atoms with Crippen molar-refractivity contribution in [3.8, 4) is 0 Å². The van der Waals surface area contributed by atoms with Gasteiger partial charge in [-0.1, -0.05) is 18.2 Å². The van der Waals surface area contributed by atoms with Gasteiger partial charge in [0.2, 0.25) is 0 Å². The van der Waals surface area contributed by atoms with E-state index in [2.05, 4.69) is 38.3 Å². The second kappa shape index (κ2) is 7.33. The van der Waals surface area contributed by atoms with Gasteiger partial charge < -0.3 is 15.4 Å². The van der Waals surface area contributed by atoms with Crippen LogP contribution in [0, 0.1) is 6.92 Å². The van der Waals surface area contributed by atoms with Crippen LogP contribution in [0.2, 0.25) is 0 Å². The van der Waals surface area contributed by atoms with Crippen molar-refractivity contribution < 1.29 is 19.6 Å². The van der Waals surface area contributed by atoms with Gasteiger partial charge in [-0.05, 0) is 58.7 Å². The highest BCUT2D eigenvalue weighted by atomic mass is 32.1. The summed E-state index contributed by atoms with van der Waals surface area (Å²) in [5, 5.41) is 5.91. The van der Waals surface area contributed by atoms with Crippen LogP contribution in [0.1, 0.15) is 71.3 Å². The Bertz CT molecular complexity index is 928. The monoisotopic (exact) mass is 401 g/mol. The lowest BCUT2D eigenvalue weighted by Crippen LogP contribution is -3.03. The lowest BCUT2D eigenvalue weighted by Gasteiger charge is -2.38. The standard InChI is InChI=1S/C22H28N2O3S/c1-7-27-20(26)16-15-12-21(3,4)24-22(5,6)17(15)28-19(16)23-18(25)14-11-9-8-10-13(14)2/h8-11,24H,7,12H2,1-6H3,(H,23,25)/p+1. The number of rotatable bonds is 4. The van der Waals surface area contributed by atoms with Crippen molar-refractivity contribution in [1.82, 2.24) is 0 Å². The second-order valence-electron chi connectivity index (χ2n) is 8.63. The zero-order chi connectivity index (χ0) is 20.7. The summed E-state index contributed by atoms with van der Waals surface area (Å²) in [5.41, 5.74) is 2.78. The highest BCUT2D eigenvalue weighted by Gasteiger charge is 2.45. The van der Waals surface area contributed by atoms with E-state index in [1.54, 1.807) is 13.0 Å². The van der Waals surface area contributed by atoms with E-state index in [-0.39, 0.29) is 23.0 Å². The number of nitrogens with one attached hydrogen (secondary N) is 1. The molecule has 3 rings (SSSR count). The number of anilines is 1. The number of aryl methyl sites for hydroxylation is 1. The van der Waals surface area contributed by atoms with E-state index >= 15 is 0 Å². The molecule has 1 aromatic heterocycles. The molecule has 6 heteroatoms. The molecule has 5 nitrogen and oxygen atoms in total. The molecule has 0 bridgehead atoms. The Morgan fingerprint density at radius 1 is 1.21 bits per heavy atom. The van der Waals surface area contributed by atoms with Crippen LogP contribution in [0.15, 0.2) is 24.3 Å². The molecule has 2 heterocycles. The van der Waals surface area contributed by atoms with Gasteiger partial charge in [-0.3, -0.25) is 4.79 Å². The fraction of sp³-hybridized carbons (Fsp3) is 0.455. The van der Waals surface area contributed by atoms with Gasteiger partial charge in [-0.25, -0.2) is 4.79 Å². The van der Waals surface area contributed by atoms with Crippen molar-refractivity contribution in [2.45, 2.75) is 59.0 Å². The molecule has 0 atom stereocenters. The first-order valence-corrected chi connectivity index (χ1v) is 10.4. The zero-order valence-corrected chi connectivity index (χ0v) is 18.3. The zero-order valence-electron chi connectivity index (χ0n) is 17.4. The molecule has 1 aliphatic heterocycles. The number of benzene rings is 1. The predicted molar refractivity (Wildman–Crippen MR) is 112 cm³/mol. The van der Waals surface area contributed by atoms with Gasteiger partial charge in [-0.2, -0.15) is 0 Å². The number of carbonyl (C=O) groups is 2. The Labute approximate surface area is 170 Å². The number of esters is 1. The van der Waals surface area contributed by atoms with Gasteiger partial charge in [0.25, 0.3) is 5.91 Å². The van der Waals surface area contributed by atoms with Crippen LogP contribution < -0.4 is 10.6 Å².